The first-order chi connectivity index (χ1) is 9.52. The molecule has 110 valence electrons. The van der Waals surface area contributed by atoms with Gasteiger partial charge in [-0.1, -0.05) is 29.3 Å². The van der Waals surface area contributed by atoms with Crippen LogP contribution in [0.15, 0.2) is 18.2 Å². The van der Waals surface area contributed by atoms with Gasteiger partial charge in [0.05, 0.1) is 19.1 Å². The fourth-order valence-corrected chi connectivity index (χ4v) is 2.82. The van der Waals surface area contributed by atoms with Gasteiger partial charge >= 0.3 is 0 Å². The van der Waals surface area contributed by atoms with Crippen molar-refractivity contribution in [2.75, 3.05) is 27.3 Å². The van der Waals surface area contributed by atoms with Crippen molar-refractivity contribution < 1.29 is 9.53 Å². The molecule has 6 heteroatoms. The second-order valence-corrected chi connectivity index (χ2v) is 5.81. The highest BCUT2D eigenvalue weighted by Crippen LogP contribution is 2.23. The van der Waals surface area contributed by atoms with Crippen molar-refractivity contribution >= 4 is 29.1 Å². The number of likely N-dealkylation sites (N-methyl/N-ethyl adjacent to an activating group) is 1. The molecule has 20 heavy (non-hydrogen) atoms. The highest BCUT2D eigenvalue weighted by Gasteiger charge is 2.34. The number of benzene rings is 1. The van der Waals surface area contributed by atoms with E-state index in [1.807, 2.05) is 13.1 Å². The van der Waals surface area contributed by atoms with Crippen LogP contribution < -0.4 is 5.32 Å². The average molecular weight is 317 g/mol. The number of hydrogen-bond donors (Lipinski definition) is 1. The van der Waals surface area contributed by atoms with Crippen molar-refractivity contribution in [3.05, 3.63) is 33.8 Å². The van der Waals surface area contributed by atoms with E-state index >= 15 is 0 Å². The maximum Gasteiger partial charge on any atom is 0.229 e. The van der Waals surface area contributed by atoms with Gasteiger partial charge in [0, 0.05) is 29.7 Å². The van der Waals surface area contributed by atoms with E-state index in [1.54, 1.807) is 24.1 Å². The molecule has 0 aromatic heterocycles. The molecule has 0 aliphatic carbocycles. The Morgan fingerprint density at radius 3 is 2.85 bits per heavy atom. The van der Waals surface area contributed by atoms with Crippen molar-refractivity contribution in [2.24, 2.45) is 5.92 Å². The van der Waals surface area contributed by atoms with Gasteiger partial charge in [0.15, 0.2) is 0 Å². The van der Waals surface area contributed by atoms with Crippen LogP contribution in [0.25, 0.3) is 0 Å². The van der Waals surface area contributed by atoms with E-state index < -0.39 is 0 Å². The predicted octanol–water partition coefficient (Wildman–Crippen LogP) is 2.19. The summed E-state index contributed by atoms with van der Waals surface area (Å²) in [4.78, 5) is 14.1. The molecule has 0 saturated carbocycles. The smallest absolute Gasteiger partial charge is 0.229 e. The Labute approximate surface area is 129 Å². The van der Waals surface area contributed by atoms with Crippen LogP contribution in [0, 0.1) is 5.92 Å². The number of nitrogens with zero attached hydrogens (tertiary/aromatic N) is 1. The number of nitrogens with one attached hydrogen (secondary N) is 1. The van der Waals surface area contributed by atoms with Crippen LogP contribution in [-0.4, -0.2) is 44.2 Å². The molecule has 2 unspecified atom stereocenters. The first-order valence-electron chi connectivity index (χ1n) is 6.47. The highest BCUT2D eigenvalue weighted by molar-refractivity contribution is 6.35. The van der Waals surface area contributed by atoms with Crippen molar-refractivity contribution in [1.82, 2.24) is 10.2 Å². The van der Waals surface area contributed by atoms with Gasteiger partial charge < -0.3 is 15.0 Å². The summed E-state index contributed by atoms with van der Waals surface area (Å²) in [5.74, 6) is -0.0797. The lowest BCUT2D eigenvalue weighted by atomic mass is 10.0. The molecule has 1 amide bonds. The standard InChI is InChI=1S/C14H18Cl2N2O2/c1-17-13-8-20-7-11(13)14(19)18(2)6-9-3-4-10(15)5-12(9)16/h3-5,11,13,17H,6-8H2,1-2H3. The van der Waals surface area contributed by atoms with Crippen molar-refractivity contribution in [3.63, 3.8) is 0 Å². The fraction of sp³-hybridized carbons (Fsp3) is 0.500. The lowest BCUT2D eigenvalue weighted by Gasteiger charge is -2.24. The van der Waals surface area contributed by atoms with Gasteiger partial charge in [-0.15, -0.1) is 0 Å². The monoisotopic (exact) mass is 316 g/mol. The van der Waals surface area contributed by atoms with E-state index in [4.69, 9.17) is 27.9 Å². The summed E-state index contributed by atoms with van der Waals surface area (Å²) >= 11 is 12.0. The minimum atomic E-state index is -0.143. The second-order valence-electron chi connectivity index (χ2n) is 4.97. The summed E-state index contributed by atoms with van der Waals surface area (Å²) in [7, 11) is 3.62. The molecule has 2 rings (SSSR count). The molecule has 1 saturated heterocycles. The van der Waals surface area contributed by atoms with Gasteiger partial charge in [0.2, 0.25) is 5.91 Å². The number of carbonyl (C=O) groups excluding carboxylic acids is 1. The molecule has 0 radical (unpaired) electrons. The van der Waals surface area contributed by atoms with Crippen molar-refractivity contribution in [3.8, 4) is 0 Å². The maximum absolute atomic E-state index is 12.4. The largest absolute Gasteiger partial charge is 0.379 e. The average Bonchev–Trinajstić information content (AvgIpc) is 2.89. The molecule has 0 spiro atoms. The molecule has 1 aromatic rings. The molecule has 1 N–H and O–H groups in total. The number of ether oxygens (including phenoxy) is 1. The van der Waals surface area contributed by atoms with E-state index in [9.17, 15) is 4.79 Å². The summed E-state index contributed by atoms with van der Waals surface area (Å²) in [6, 6.07) is 5.38. The van der Waals surface area contributed by atoms with Crippen LogP contribution in [0.2, 0.25) is 10.0 Å². The first kappa shape index (κ1) is 15.6. The van der Waals surface area contributed by atoms with Crippen LogP contribution in [-0.2, 0) is 16.1 Å². The topological polar surface area (TPSA) is 41.6 Å². The lowest BCUT2D eigenvalue weighted by Crippen LogP contribution is -2.43. The zero-order valence-electron chi connectivity index (χ0n) is 11.5. The third kappa shape index (κ3) is 3.44. The van der Waals surface area contributed by atoms with Gasteiger partial charge in [-0.2, -0.15) is 0 Å². The minimum absolute atomic E-state index is 0.0628. The molecule has 4 nitrogen and oxygen atoms in total. The SMILES string of the molecule is CNC1COCC1C(=O)N(C)Cc1ccc(Cl)cc1Cl. The summed E-state index contributed by atoms with van der Waals surface area (Å²) < 4.78 is 5.37. The molecule has 1 aliphatic heterocycles. The van der Waals surface area contributed by atoms with Gasteiger partial charge in [0.1, 0.15) is 0 Å². The Morgan fingerprint density at radius 1 is 1.45 bits per heavy atom. The molecule has 0 bridgehead atoms. The zero-order chi connectivity index (χ0) is 14.7. The second kappa shape index (κ2) is 6.76. The molecule has 1 aliphatic rings. The van der Waals surface area contributed by atoms with Crippen LogP contribution in [0.5, 0.6) is 0 Å². The lowest BCUT2D eigenvalue weighted by molar-refractivity contribution is -0.135. The number of halogens is 2. The quantitative estimate of drug-likeness (QED) is 0.925. The third-order valence-electron chi connectivity index (χ3n) is 3.57. The van der Waals surface area contributed by atoms with Gasteiger partial charge in [-0.25, -0.2) is 0 Å². The van der Waals surface area contributed by atoms with Crippen molar-refractivity contribution in [2.45, 2.75) is 12.6 Å². The summed E-state index contributed by atoms with van der Waals surface area (Å²) in [6.07, 6.45) is 0. The van der Waals surface area contributed by atoms with Gasteiger partial charge in [-0.3, -0.25) is 4.79 Å². The Morgan fingerprint density at radius 2 is 2.20 bits per heavy atom. The zero-order valence-corrected chi connectivity index (χ0v) is 13.0. The van der Waals surface area contributed by atoms with Crippen LogP contribution in [0.4, 0.5) is 0 Å². The Balaban J connectivity index is 2.04. The molecule has 2 atom stereocenters. The van der Waals surface area contributed by atoms with E-state index in [0.29, 0.717) is 29.8 Å². The minimum Gasteiger partial charge on any atom is -0.379 e. The van der Waals surface area contributed by atoms with E-state index in [0.717, 1.165) is 5.56 Å². The fourth-order valence-electron chi connectivity index (χ4n) is 2.35. The highest BCUT2D eigenvalue weighted by atomic mass is 35.5. The third-order valence-corrected chi connectivity index (χ3v) is 4.15. The summed E-state index contributed by atoms with van der Waals surface area (Å²) in [5.41, 5.74) is 0.881. The van der Waals surface area contributed by atoms with Gasteiger partial charge in [0.25, 0.3) is 0 Å². The maximum atomic E-state index is 12.4. The Hall–Kier alpha value is -0.810. The number of rotatable bonds is 4. The summed E-state index contributed by atoms with van der Waals surface area (Å²) in [5, 5.41) is 4.28. The molecule has 1 aromatic carbocycles. The van der Waals surface area contributed by atoms with Crippen LogP contribution in [0.1, 0.15) is 5.56 Å². The Kier molecular flexibility index (Phi) is 5.27. The molecular weight excluding hydrogens is 299 g/mol. The van der Waals surface area contributed by atoms with Crippen LogP contribution in [0.3, 0.4) is 0 Å². The van der Waals surface area contributed by atoms with Gasteiger partial charge in [-0.05, 0) is 24.7 Å². The molecular formula is C14H18Cl2N2O2. The van der Waals surface area contributed by atoms with E-state index in [1.165, 1.54) is 0 Å². The number of amides is 1. The normalized spacial score (nSPS) is 22.0. The predicted molar refractivity (Wildman–Crippen MR) is 80.1 cm³/mol. The first-order valence-corrected chi connectivity index (χ1v) is 7.22. The molecule has 1 heterocycles. The number of carbonyl (C=O) groups is 1. The Bertz CT molecular complexity index is 496. The van der Waals surface area contributed by atoms with Crippen molar-refractivity contribution in [1.29, 1.82) is 0 Å². The summed E-state index contributed by atoms with van der Waals surface area (Å²) in [6.45, 7) is 1.49. The number of hydrogen-bond acceptors (Lipinski definition) is 3. The van der Waals surface area contributed by atoms with E-state index in [2.05, 4.69) is 5.32 Å². The molecule has 1 fully saturated rings. The van der Waals surface area contributed by atoms with E-state index in [-0.39, 0.29) is 17.9 Å². The van der Waals surface area contributed by atoms with Crippen LogP contribution >= 0.6 is 23.2 Å².